The summed E-state index contributed by atoms with van der Waals surface area (Å²) in [4.78, 5) is 11.5. The number of carboxylic acid groups (broad SMARTS) is 1. The van der Waals surface area contributed by atoms with Crippen LogP contribution in [0, 0.1) is 0 Å². The summed E-state index contributed by atoms with van der Waals surface area (Å²) in [6, 6.07) is 15.5. The molecule has 0 aliphatic carbocycles. The molecule has 0 bridgehead atoms. The van der Waals surface area contributed by atoms with Crippen molar-refractivity contribution in [1.29, 1.82) is 0 Å². The van der Waals surface area contributed by atoms with Gasteiger partial charge in [0.1, 0.15) is 0 Å². The highest BCUT2D eigenvalue weighted by molar-refractivity contribution is 7.98. The molecule has 0 atom stereocenters. The molecule has 20 heavy (non-hydrogen) atoms. The van der Waals surface area contributed by atoms with Crippen LogP contribution in [0.1, 0.15) is 11.1 Å². The van der Waals surface area contributed by atoms with E-state index >= 15 is 0 Å². The van der Waals surface area contributed by atoms with E-state index in [0.717, 1.165) is 27.3 Å². The molecule has 2 rings (SSSR count). The summed E-state index contributed by atoms with van der Waals surface area (Å²) in [6.07, 6.45) is 2.71. The van der Waals surface area contributed by atoms with Gasteiger partial charge in [-0.25, -0.2) is 4.79 Å². The number of hydrogen-bond acceptors (Lipinski definition) is 2. The highest BCUT2D eigenvalue weighted by atomic mass is 35.5. The SMILES string of the molecule is O=C(O)C=Cc1ccc(CSc2ccccc2Cl)cc1. The van der Waals surface area contributed by atoms with Crippen LogP contribution >= 0.6 is 23.4 Å². The summed E-state index contributed by atoms with van der Waals surface area (Å²) < 4.78 is 0. The van der Waals surface area contributed by atoms with Gasteiger partial charge >= 0.3 is 5.97 Å². The molecule has 0 radical (unpaired) electrons. The first-order valence-corrected chi connectivity index (χ1v) is 7.39. The molecule has 0 spiro atoms. The fourth-order valence-corrected chi connectivity index (χ4v) is 2.81. The molecule has 0 saturated heterocycles. The number of carbonyl (C=O) groups is 1. The first kappa shape index (κ1) is 14.7. The van der Waals surface area contributed by atoms with Crippen LogP contribution < -0.4 is 0 Å². The normalized spacial score (nSPS) is 10.8. The molecule has 0 fully saturated rings. The average Bonchev–Trinajstić information content (AvgIpc) is 2.45. The zero-order valence-electron chi connectivity index (χ0n) is 10.6. The van der Waals surface area contributed by atoms with Crippen molar-refractivity contribution in [2.24, 2.45) is 0 Å². The molecule has 0 saturated carbocycles. The second-order valence-corrected chi connectivity index (χ2v) is 5.56. The number of rotatable bonds is 5. The van der Waals surface area contributed by atoms with Gasteiger partial charge in [-0.2, -0.15) is 0 Å². The highest BCUT2D eigenvalue weighted by Crippen LogP contribution is 2.29. The lowest BCUT2D eigenvalue weighted by atomic mass is 10.1. The van der Waals surface area contributed by atoms with Crippen molar-refractivity contribution >= 4 is 35.4 Å². The van der Waals surface area contributed by atoms with Gasteiger partial charge in [0.2, 0.25) is 0 Å². The largest absolute Gasteiger partial charge is 0.478 e. The lowest BCUT2D eigenvalue weighted by Gasteiger charge is -2.04. The first-order chi connectivity index (χ1) is 9.65. The maximum absolute atomic E-state index is 10.4. The summed E-state index contributed by atoms with van der Waals surface area (Å²) >= 11 is 7.78. The Morgan fingerprint density at radius 2 is 1.85 bits per heavy atom. The maximum atomic E-state index is 10.4. The van der Waals surface area contributed by atoms with Crippen LogP contribution in [-0.4, -0.2) is 11.1 Å². The number of hydrogen-bond donors (Lipinski definition) is 1. The van der Waals surface area contributed by atoms with E-state index in [4.69, 9.17) is 16.7 Å². The first-order valence-electron chi connectivity index (χ1n) is 6.02. The number of carboxylic acids is 1. The molecule has 2 nitrogen and oxygen atoms in total. The molecule has 0 amide bonds. The summed E-state index contributed by atoms with van der Waals surface area (Å²) in [6.45, 7) is 0. The zero-order valence-corrected chi connectivity index (χ0v) is 12.2. The summed E-state index contributed by atoms with van der Waals surface area (Å²) in [7, 11) is 0. The van der Waals surface area contributed by atoms with Gasteiger partial charge in [0.05, 0.1) is 5.02 Å². The fraction of sp³-hybridized carbons (Fsp3) is 0.0625. The minimum Gasteiger partial charge on any atom is -0.478 e. The lowest BCUT2D eigenvalue weighted by molar-refractivity contribution is -0.131. The molecular formula is C16H13ClO2S. The molecule has 102 valence electrons. The Bertz CT molecular complexity index is 621. The quantitative estimate of drug-likeness (QED) is 0.641. The molecule has 0 unspecified atom stereocenters. The Labute approximate surface area is 127 Å². The lowest BCUT2D eigenvalue weighted by Crippen LogP contribution is -1.86. The van der Waals surface area contributed by atoms with Crippen LogP contribution in [0.4, 0.5) is 0 Å². The molecular weight excluding hydrogens is 292 g/mol. The number of aliphatic carboxylic acids is 1. The number of thioether (sulfide) groups is 1. The number of halogens is 1. The Hall–Kier alpha value is -1.71. The second kappa shape index (κ2) is 7.17. The standard InChI is InChI=1S/C16H13ClO2S/c17-14-3-1-2-4-15(14)20-11-13-7-5-12(6-8-13)9-10-16(18)19/h1-10H,11H2,(H,18,19). The van der Waals surface area contributed by atoms with Gasteiger partial charge in [0, 0.05) is 16.7 Å². The van der Waals surface area contributed by atoms with Crippen LogP contribution in [0.15, 0.2) is 59.5 Å². The van der Waals surface area contributed by atoms with Crippen molar-refractivity contribution in [2.45, 2.75) is 10.6 Å². The predicted octanol–water partition coefficient (Wildman–Crippen LogP) is 4.73. The average molecular weight is 305 g/mol. The van der Waals surface area contributed by atoms with Crippen molar-refractivity contribution in [1.82, 2.24) is 0 Å². The van der Waals surface area contributed by atoms with E-state index in [1.807, 2.05) is 48.5 Å². The third kappa shape index (κ3) is 4.44. The smallest absolute Gasteiger partial charge is 0.328 e. The van der Waals surface area contributed by atoms with Gasteiger partial charge in [-0.3, -0.25) is 0 Å². The minimum absolute atomic E-state index is 0.763. The maximum Gasteiger partial charge on any atom is 0.328 e. The van der Waals surface area contributed by atoms with E-state index in [0.29, 0.717) is 0 Å². The van der Waals surface area contributed by atoms with Crippen LogP contribution in [0.3, 0.4) is 0 Å². The number of benzene rings is 2. The van der Waals surface area contributed by atoms with Crippen molar-refractivity contribution < 1.29 is 9.90 Å². The van der Waals surface area contributed by atoms with Crippen LogP contribution in [0.2, 0.25) is 5.02 Å². The Morgan fingerprint density at radius 1 is 1.15 bits per heavy atom. The zero-order chi connectivity index (χ0) is 14.4. The Balaban J connectivity index is 1.97. The van der Waals surface area contributed by atoms with E-state index in [9.17, 15) is 4.79 Å². The molecule has 1 N–H and O–H groups in total. The second-order valence-electron chi connectivity index (χ2n) is 4.13. The monoisotopic (exact) mass is 304 g/mol. The molecule has 4 heteroatoms. The van der Waals surface area contributed by atoms with Crippen molar-refractivity contribution in [3.8, 4) is 0 Å². The van der Waals surface area contributed by atoms with E-state index in [1.54, 1.807) is 17.8 Å². The van der Waals surface area contributed by atoms with Crippen molar-refractivity contribution in [3.05, 3.63) is 70.8 Å². The molecule has 0 aromatic heterocycles. The van der Waals surface area contributed by atoms with Crippen LogP contribution in [0.5, 0.6) is 0 Å². The third-order valence-electron chi connectivity index (χ3n) is 2.63. The Kier molecular flexibility index (Phi) is 5.27. The van der Waals surface area contributed by atoms with Gasteiger partial charge in [0.15, 0.2) is 0 Å². The topological polar surface area (TPSA) is 37.3 Å². The summed E-state index contributed by atoms with van der Waals surface area (Å²) in [5, 5.41) is 9.33. The van der Waals surface area contributed by atoms with Crippen molar-refractivity contribution in [3.63, 3.8) is 0 Å². The Morgan fingerprint density at radius 3 is 2.50 bits per heavy atom. The van der Waals surface area contributed by atoms with Gasteiger partial charge in [-0.1, -0.05) is 48.0 Å². The highest BCUT2D eigenvalue weighted by Gasteiger charge is 2.00. The minimum atomic E-state index is -0.941. The molecule has 0 aliphatic rings. The molecule has 2 aromatic rings. The third-order valence-corrected chi connectivity index (χ3v) is 4.22. The molecule has 0 aliphatic heterocycles. The van der Waals surface area contributed by atoms with Gasteiger partial charge in [-0.05, 0) is 29.3 Å². The molecule has 2 aromatic carbocycles. The van der Waals surface area contributed by atoms with Gasteiger partial charge < -0.3 is 5.11 Å². The summed E-state index contributed by atoms with van der Waals surface area (Å²) in [5.41, 5.74) is 2.04. The molecule has 0 heterocycles. The van der Waals surface area contributed by atoms with Gasteiger partial charge in [-0.15, -0.1) is 11.8 Å². The fourth-order valence-electron chi connectivity index (χ4n) is 1.62. The van der Waals surface area contributed by atoms with Gasteiger partial charge in [0.25, 0.3) is 0 Å². The van der Waals surface area contributed by atoms with E-state index < -0.39 is 5.97 Å². The van der Waals surface area contributed by atoms with E-state index in [-0.39, 0.29) is 0 Å². The van der Waals surface area contributed by atoms with Crippen LogP contribution in [0.25, 0.3) is 6.08 Å². The predicted molar refractivity (Wildman–Crippen MR) is 84.1 cm³/mol. The summed E-state index contributed by atoms with van der Waals surface area (Å²) in [5.74, 6) is -0.115. The van der Waals surface area contributed by atoms with E-state index in [2.05, 4.69) is 0 Å². The van der Waals surface area contributed by atoms with E-state index in [1.165, 1.54) is 5.56 Å². The van der Waals surface area contributed by atoms with Crippen LogP contribution in [-0.2, 0) is 10.5 Å². The van der Waals surface area contributed by atoms with Crippen molar-refractivity contribution in [2.75, 3.05) is 0 Å².